The molecule has 2 unspecified atom stereocenters. The molecule has 5 heteroatoms. The van der Waals surface area contributed by atoms with Gasteiger partial charge >= 0.3 is 6.18 Å². The monoisotopic (exact) mass is 247 g/mol. The van der Waals surface area contributed by atoms with Crippen LogP contribution in [0.5, 0.6) is 0 Å². The molecule has 17 heavy (non-hydrogen) atoms. The Morgan fingerprint density at radius 1 is 1.29 bits per heavy atom. The van der Waals surface area contributed by atoms with Crippen LogP contribution in [0.2, 0.25) is 0 Å². The summed E-state index contributed by atoms with van der Waals surface area (Å²) in [4.78, 5) is 0. The summed E-state index contributed by atoms with van der Waals surface area (Å²) in [6.45, 7) is 4.08. The predicted octanol–water partition coefficient (Wildman–Crippen LogP) is 2.74. The molecule has 0 heterocycles. The van der Waals surface area contributed by atoms with E-state index in [4.69, 9.17) is 0 Å². The van der Waals surface area contributed by atoms with E-state index in [-0.39, 0.29) is 5.56 Å². The third-order valence-corrected chi connectivity index (χ3v) is 2.58. The maximum absolute atomic E-state index is 12.7. The first-order valence-corrected chi connectivity index (χ1v) is 5.45. The molecule has 0 bridgehead atoms. The summed E-state index contributed by atoms with van der Waals surface area (Å²) >= 11 is 0. The highest BCUT2D eigenvalue weighted by atomic mass is 19.4. The summed E-state index contributed by atoms with van der Waals surface area (Å²) in [5, 5.41) is 12.8. The zero-order valence-electron chi connectivity index (χ0n) is 9.75. The molecule has 2 atom stereocenters. The molecular formula is C12H16F3NO. The molecule has 1 aromatic carbocycles. The Morgan fingerprint density at radius 2 is 1.88 bits per heavy atom. The molecule has 1 aromatic rings. The standard InChI is InChI=1S/C12H16F3NO/c1-3-16-8(2)11(17)9-6-4-5-7-10(9)12(13,14)15/h4-8,11,16-17H,3H2,1-2H3. The Labute approximate surface area is 98.5 Å². The van der Waals surface area contributed by atoms with Crippen molar-refractivity contribution in [1.29, 1.82) is 0 Å². The average Bonchev–Trinajstić information content (AvgIpc) is 2.27. The van der Waals surface area contributed by atoms with E-state index >= 15 is 0 Å². The Balaban J connectivity index is 3.05. The van der Waals surface area contributed by atoms with Crippen LogP contribution in [0.3, 0.4) is 0 Å². The average molecular weight is 247 g/mol. The zero-order valence-corrected chi connectivity index (χ0v) is 9.75. The van der Waals surface area contributed by atoms with Gasteiger partial charge < -0.3 is 10.4 Å². The third kappa shape index (κ3) is 3.44. The van der Waals surface area contributed by atoms with Gasteiger partial charge in [-0.25, -0.2) is 0 Å². The minimum absolute atomic E-state index is 0.0894. The van der Waals surface area contributed by atoms with Gasteiger partial charge in [-0.15, -0.1) is 0 Å². The maximum Gasteiger partial charge on any atom is 0.416 e. The largest absolute Gasteiger partial charge is 0.416 e. The minimum atomic E-state index is -4.44. The topological polar surface area (TPSA) is 32.3 Å². The summed E-state index contributed by atoms with van der Waals surface area (Å²) < 4.78 is 38.2. The van der Waals surface area contributed by atoms with Gasteiger partial charge in [0.2, 0.25) is 0 Å². The molecule has 0 spiro atoms. The molecule has 0 aliphatic rings. The number of nitrogens with one attached hydrogen (secondary N) is 1. The lowest BCUT2D eigenvalue weighted by Crippen LogP contribution is -2.32. The van der Waals surface area contributed by atoms with Gasteiger partial charge in [0.05, 0.1) is 11.7 Å². The number of hydrogen-bond donors (Lipinski definition) is 2. The predicted molar refractivity (Wildman–Crippen MR) is 59.5 cm³/mol. The highest BCUT2D eigenvalue weighted by Crippen LogP contribution is 2.35. The molecular weight excluding hydrogens is 231 g/mol. The molecule has 0 radical (unpaired) electrons. The zero-order chi connectivity index (χ0) is 13.1. The molecule has 0 fully saturated rings. The van der Waals surface area contributed by atoms with Gasteiger partial charge in [0.15, 0.2) is 0 Å². The lowest BCUT2D eigenvalue weighted by molar-refractivity contribution is -0.139. The molecule has 1 rings (SSSR count). The Morgan fingerprint density at radius 3 is 2.41 bits per heavy atom. The van der Waals surface area contributed by atoms with Crippen LogP contribution in [0.25, 0.3) is 0 Å². The first kappa shape index (κ1) is 14.0. The molecule has 0 aromatic heterocycles. The van der Waals surface area contributed by atoms with Crippen molar-refractivity contribution in [2.75, 3.05) is 6.54 Å². The number of aliphatic hydroxyl groups excluding tert-OH is 1. The lowest BCUT2D eigenvalue weighted by Gasteiger charge is -2.23. The first-order valence-electron chi connectivity index (χ1n) is 5.45. The Hall–Kier alpha value is -1.07. The maximum atomic E-state index is 12.7. The van der Waals surface area contributed by atoms with Crippen LogP contribution in [-0.2, 0) is 6.18 Å². The van der Waals surface area contributed by atoms with Gasteiger partial charge in [-0.2, -0.15) is 13.2 Å². The number of benzene rings is 1. The molecule has 0 saturated heterocycles. The molecule has 0 saturated carbocycles. The highest BCUT2D eigenvalue weighted by Gasteiger charge is 2.35. The second-order valence-electron chi connectivity index (χ2n) is 3.88. The van der Waals surface area contributed by atoms with Gasteiger partial charge in [0.1, 0.15) is 0 Å². The van der Waals surface area contributed by atoms with Crippen molar-refractivity contribution < 1.29 is 18.3 Å². The summed E-state index contributed by atoms with van der Waals surface area (Å²) in [5.41, 5.74) is -0.870. The number of alkyl halides is 3. The van der Waals surface area contributed by atoms with Crippen molar-refractivity contribution >= 4 is 0 Å². The fourth-order valence-corrected chi connectivity index (χ4v) is 1.72. The second kappa shape index (κ2) is 5.51. The van der Waals surface area contributed by atoms with Crippen molar-refractivity contribution in [2.24, 2.45) is 0 Å². The van der Waals surface area contributed by atoms with Crippen molar-refractivity contribution in [1.82, 2.24) is 5.32 Å². The Kier molecular flexibility index (Phi) is 4.54. The van der Waals surface area contributed by atoms with Crippen LogP contribution in [0.15, 0.2) is 24.3 Å². The van der Waals surface area contributed by atoms with Crippen LogP contribution in [0.4, 0.5) is 13.2 Å². The van der Waals surface area contributed by atoms with Crippen LogP contribution in [0, 0.1) is 0 Å². The number of rotatable bonds is 4. The van der Waals surface area contributed by atoms with Gasteiger partial charge in [-0.3, -0.25) is 0 Å². The number of likely N-dealkylation sites (N-methyl/N-ethyl adjacent to an activating group) is 1. The summed E-state index contributed by atoms with van der Waals surface area (Å²) in [6, 6.07) is 4.67. The highest BCUT2D eigenvalue weighted by molar-refractivity contribution is 5.32. The molecule has 0 aliphatic heterocycles. The van der Waals surface area contributed by atoms with Crippen LogP contribution in [0.1, 0.15) is 31.1 Å². The molecule has 96 valence electrons. The minimum Gasteiger partial charge on any atom is -0.387 e. The van der Waals surface area contributed by atoms with Gasteiger partial charge in [0, 0.05) is 6.04 Å². The van der Waals surface area contributed by atoms with Crippen molar-refractivity contribution in [3.05, 3.63) is 35.4 Å². The SMILES string of the molecule is CCNC(C)C(O)c1ccccc1C(F)(F)F. The molecule has 0 aliphatic carbocycles. The van der Waals surface area contributed by atoms with E-state index in [9.17, 15) is 18.3 Å². The van der Waals surface area contributed by atoms with E-state index in [0.29, 0.717) is 6.54 Å². The van der Waals surface area contributed by atoms with E-state index in [1.807, 2.05) is 6.92 Å². The van der Waals surface area contributed by atoms with Crippen LogP contribution >= 0.6 is 0 Å². The van der Waals surface area contributed by atoms with Crippen LogP contribution in [-0.4, -0.2) is 17.7 Å². The Bertz CT molecular complexity index is 365. The van der Waals surface area contributed by atoms with Gasteiger partial charge in [-0.05, 0) is 25.1 Å². The lowest BCUT2D eigenvalue weighted by atomic mass is 9.97. The van der Waals surface area contributed by atoms with E-state index in [2.05, 4.69) is 5.32 Å². The fourth-order valence-electron chi connectivity index (χ4n) is 1.72. The van der Waals surface area contributed by atoms with Crippen molar-refractivity contribution in [3.8, 4) is 0 Å². The smallest absolute Gasteiger partial charge is 0.387 e. The molecule has 2 N–H and O–H groups in total. The van der Waals surface area contributed by atoms with Gasteiger partial charge in [-0.1, -0.05) is 25.1 Å². The van der Waals surface area contributed by atoms with E-state index < -0.39 is 23.9 Å². The first-order chi connectivity index (χ1) is 7.88. The number of halogens is 3. The van der Waals surface area contributed by atoms with E-state index in [1.54, 1.807) is 6.92 Å². The number of aliphatic hydroxyl groups is 1. The van der Waals surface area contributed by atoms with Crippen molar-refractivity contribution in [3.63, 3.8) is 0 Å². The normalized spacial score (nSPS) is 15.6. The van der Waals surface area contributed by atoms with Crippen LogP contribution < -0.4 is 5.32 Å². The number of hydrogen-bond acceptors (Lipinski definition) is 2. The van der Waals surface area contributed by atoms with E-state index in [1.165, 1.54) is 18.2 Å². The molecule has 0 amide bonds. The summed E-state index contributed by atoms with van der Waals surface area (Å²) in [7, 11) is 0. The summed E-state index contributed by atoms with van der Waals surface area (Å²) in [5.74, 6) is 0. The fraction of sp³-hybridized carbons (Fsp3) is 0.500. The quantitative estimate of drug-likeness (QED) is 0.857. The second-order valence-corrected chi connectivity index (χ2v) is 3.88. The van der Waals surface area contributed by atoms with E-state index in [0.717, 1.165) is 6.07 Å². The summed E-state index contributed by atoms with van der Waals surface area (Å²) in [6.07, 6.45) is -5.61. The van der Waals surface area contributed by atoms with Gasteiger partial charge in [0.25, 0.3) is 0 Å². The third-order valence-electron chi connectivity index (χ3n) is 2.58. The molecule has 2 nitrogen and oxygen atoms in total. The van der Waals surface area contributed by atoms with Crippen molar-refractivity contribution in [2.45, 2.75) is 32.2 Å².